The summed E-state index contributed by atoms with van der Waals surface area (Å²) >= 11 is 0. The van der Waals surface area contributed by atoms with Crippen LogP contribution in [-0.4, -0.2) is 48.4 Å². The Labute approximate surface area is 95.1 Å². The summed E-state index contributed by atoms with van der Waals surface area (Å²) in [6, 6.07) is 0. The molecule has 0 spiro atoms. The Morgan fingerprint density at radius 1 is 1.56 bits per heavy atom. The van der Waals surface area contributed by atoms with Gasteiger partial charge >= 0.3 is 6.09 Å². The van der Waals surface area contributed by atoms with Crippen LogP contribution in [0.2, 0.25) is 0 Å². The molecule has 92 valence electrons. The molecule has 0 aliphatic carbocycles. The summed E-state index contributed by atoms with van der Waals surface area (Å²) in [7, 11) is 0. The molecule has 1 amide bonds. The lowest BCUT2D eigenvalue weighted by Crippen LogP contribution is -2.39. The SMILES string of the molecule is CC(C)(C)OC(=O)N1C[C@H]2CNC[C@@]2(F)C1. The second-order valence-corrected chi connectivity index (χ2v) is 5.72. The molecule has 0 aromatic rings. The molecule has 5 heteroatoms. The van der Waals surface area contributed by atoms with Crippen molar-refractivity contribution in [3.05, 3.63) is 0 Å². The lowest BCUT2D eigenvalue weighted by molar-refractivity contribution is 0.0259. The predicted octanol–water partition coefficient (Wildman–Crippen LogP) is 1.16. The third kappa shape index (κ3) is 2.14. The highest BCUT2D eigenvalue weighted by molar-refractivity contribution is 5.69. The number of nitrogens with one attached hydrogen (secondary N) is 1. The largest absolute Gasteiger partial charge is 0.444 e. The Morgan fingerprint density at radius 3 is 2.81 bits per heavy atom. The van der Waals surface area contributed by atoms with Crippen LogP contribution in [0.5, 0.6) is 0 Å². The summed E-state index contributed by atoms with van der Waals surface area (Å²) in [5.41, 5.74) is -1.77. The number of nitrogens with zero attached hydrogens (tertiary/aromatic N) is 1. The number of carbonyl (C=O) groups is 1. The van der Waals surface area contributed by atoms with Crippen LogP contribution in [0.4, 0.5) is 9.18 Å². The highest BCUT2D eigenvalue weighted by atomic mass is 19.1. The molecule has 0 bridgehead atoms. The van der Waals surface area contributed by atoms with E-state index < -0.39 is 17.4 Å². The molecular formula is C11H19FN2O2. The van der Waals surface area contributed by atoms with Crippen LogP contribution in [0.3, 0.4) is 0 Å². The van der Waals surface area contributed by atoms with Crippen molar-refractivity contribution in [1.29, 1.82) is 0 Å². The second kappa shape index (κ2) is 3.58. The molecule has 2 atom stereocenters. The first-order chi connectivity index (χ1) is 7.30. The molecule has 4 nitrogen and oxygen atoms in total. The first kappa shape index (κ1) is 11.6. The van der Waals surface area contributed by atoms with Crippen molar-refractivity contribution in [3.8, 4) is 0 Å². The van der Waals surface area contributed by atoms with Gasteiger partial charge in [0.2, 0.25) is 0 Å². The van der Waals surface area contributed by atoms with E-state index in [-0.39, 0.29) is 12.5 Å². The molecule has 0 saturated carbocycles. The minimum atomic E-state index is -1.25. The van der Waals surface area contributed by atoms with E-state index in [1.807, 2.05) is 20.8 Å². The van der Waals surface area contributed by atoms with Crippen LogP contribution in [0.25, 0.3) is 0 Å². The molecule has 0 radical (unpaired) electrons. The molecule has 0 unspecified atom stereocenters. The third-order valence-electron chi connectivity index (χ3n) is 3.09. The smallest absolute Gasteiger partial charge is 0.410 e. The maximum Gasteiger partial charge on any atom is 0.410 e. The summed E-state index contributed by atoms with van der Waals surface area (Å²) in [5, 5.41) is 3.02. The van der Waals surface area contributed by atoms with Crippen molar-refractivity contribution in [2.24, 2.45) is 5.92 Å². The third-order valence-corrected chi connectivity index (χ3v) is 3.09. The molecule has 2 saturated heterocycles. The molecule has 0 aromatic carbocycles. The monoisotopic (exact) mass is 230 g/mol. The Kier molecular flexibility index (Phi) is 2.61. The Morgan fingerprint density at radius 2 is 2.25 bits per heavy atom. The summed E-state index contributed by atoms with van der Waals surface area (Å²) in [6.07, 6.45) is -0.404. The molecule has 2 heterocycles. The van der Waals surface area contributed by atoms with Gasteiger partial charge in [0.05, 0.1) is 6.54 Å². The Hall–Kier alpha value is -0.840. The van der Waals surface area contributed by atoms with Gasteiger partial charge in [-0.15, -0.1) is 0 Å². The van der Waals surface area contributed by atoms with Gasteiger partial charge in [0, 0.05) is 25.6 Å². The number of rotatable bonds is 0. The molecule has 2 aliphatic rings. The van der Waals surface area contributed by atoms with Crippen molar-refractivity contribution < 1.29 is 13.9 Å². The normalized spacial score (nSPS) is 34.0. The van der Waals surface area contributed by atoms with Crippen molar-refractivity contribution in [1.82, 2.24) is 10.2 Å². The van der Waals surface area contributed by atoms with Crippen molar-refractivity contribution in [2.75, 3.05) is 26.2 Å². The van der Waals surface area contributed by atoms with E-state index in [2.05, 4.69) is 5.32 Å². The predicted molar refractivity (Wildman–Crippen MR) is 58.0 cm³/mol. The number of hydrogen-bond donors (Lipinski definition) is 1. The van der Waals surface area contributed by atoms with Gasteiger partial charge in [0.1, 0.15) is 11.3 Å². The Balaban J connectivity index is 1.97. The second-order valence-electron chi connectivity index (χ2n) is 5.72. The zero-order valence-electron chi connectivity index (χ0n) is 10.0. The number of hydrogen-bond acceptors (Lipinski definition) is 3. The number of carbonyl (C=O) groups excluding carboxylic acids is 1. The van der Waals surface area contributed by atoms with Gasteiger partial charge in [-0.2, -0.15) is 0 Å². The summed E-state index contributed by atoms with van der Waals surface area (Å²) in [6.45, 7) is 7.04. The van der Waals surface area contributed by atoms with E-state index in [0.717, 1.165) is 0 Å². The van der Waals surface area contributed by atoms with Gasteiger partial charge in [-0.3, -0.25) is 0 Å². The van der Waals surface area contributed by atoms with Crippen molar-refractivity contribution in [3.63, 3.8) is 0 Å². The molecular weight excluding hydrogens is 211 g/mol. The lowest BCUT2D eigenvalue weighted by Gasteiger charge is -2.25. The standard InChI is InChI=1S/C11H19FN2O2/c1-10(2,3)16-9(15)14-5-8-4-13-6-11(8,12)7-14/h8,13H,4-7H2,1-3H3/t8-,11-/m1/s1. The fraction of sp³-hybridized carbons (Fsp3) is 0.909. The van der Waals surface area contributed by atoms with Gasteiger partial charge in [-0.05, 0) is 20.8 Å². The van der Waals surface area contributed by atoms with Crippen LogP contribution in [0, 0.1) is 5.92 Å². The van der Waals surface area contributed by atoms with Crippen LogP contribution in [-0.2, 0) is 4.74 Å². The van der Waals surface area contributed by atoms with Crippen LogP contribution >= 0.6 is 0 Å². The Bertz CT molecular complexity index is 303. The highest BCUT2D eigenvalue weighted by Crippen LogP contribution is 2.34. The average molecular weight is 230 g/mol. The van der Waals surface area contributed by atoms with E-state index in [9.17, 15) is 9.18 Å². The van der Waals surface area contributed by atoms with Crippen LogP contribution < -0.4 is 5.32 Å². The van der Waals surface area contributed by atoms with E-state index >= 15 is 0 Å². The zero-order valence-corrected chi connectivity index (χ0v) is 10.0. The maximum atomic E-state index is 14.2. The fourth-order valence-corrected chi connectivity index (χ4v) is 2.31. The zero-order chi connectivity index (χ0) is 12.0. The van der Waals surface area contributed by atoms with Crippen LogP contribution in [0.1, 0.15) is 20.8 Å². The first-order valence-corrected chi connectivity index (χ1v) is 5.68. The quantitative estimate of drug-likeness (QED) is 0.679. The van der Waals surface area contributed by atoms with Gasteiger partial charge in [0.15, 0.2) is 0 Å². The van der Waals surface area contributed by atoms with Crippen LogP contribution in [0.15, 0.2) is 0 Å². The van der Waals surface area contributed by atoms with E-state index in [4.69, 9.17) is 4.74 Å². The lowest BCUT2D eigenvalue weighted by atomic mass is 9.97. The molecule has 0 aromatic heterocycles. The number of fused-ring (bicyclic) bond motifs is 1. The average Bonchev–Trinajstić information content (AvgIpc) is 2.55. The first-order valence-electron chi connectivity index (χ1n) is 5.68. The number of halogens is 1. The minimum absolute atomic E-state index is 0.0833. The molecule has 16 heavy (non-hydrogen) atoms. The summed E-state index contributed by atoms with van der Waals surface area (Å²) < 4.78 is 19.5. The van der Waals surface area contributed by atoms with Gasteiger partial charge in [-0.1, -0.05) is 0 Å². The molecule has 1 N–H and O–H groups in total. The summed E-state index contributed by atoms with van der Waals surface area (Å²) in [4.78, 5) is 13.2. The highest BCUT2D eigenvalue weighted by Gasteiger charge is 2.52. The maximum absolute atomic E-state index is 14.2. The topological polar surface area (TPSA) is 41.6 Å². The molecule has 2 aliphatic heterocycles. The van der Waals surface area contributed by atoms with Crippen molar-refractivity contribution in [2.45, 2.75) is 32.0 Å². The van der Waals surface area contributed by atoms with E-state index in [1.165, 1.54) is 4.90 Å². The van der Waals surface area contributed by atoms with Crippen molar-refractivity contribution >= 4 is 6.09 Å². The van der Waals surface area contributed by atoms with Gasteiger partial charge < -0.3 is 15.0 Å². The minimum Gasteiger partial charge on any atom is -0.444 e. The number of likely N-dealkylation sites (tertiary alicyclic amines) is 1. The molecule has 2 rings (SSSR count). The van der Waals surface area contributed by atoms with Gasteiger partial charge in [0.25, 0.3) is 0 Å². The fourth-order valence-electron chi connectivity index (χ4n) is 2.31. The number of ether oxygens (including phenoxy) is 1. The summed E-state index contributed by atoms with van der Waals surface area (Å²) in [5.74, 6) is -0.0833. The number of amides is 1. The number of alkyl halides is 1. The van der Waals surface area contributed by atoms with E-state index in [1.54, 1.807) is 0 Å². The van der Waals surface area contributed by atoms with Gasteiger partial charge in [-0.25, -0.2) is 9.18 Å². The molecule has 2 fully saturated rings. The van der Waals surface area contributed by atoms with E-state index in [0.29, 0.717) is 19.6 Å².